The van der Waals surface area contributed by atoms with Crippen LogP contribution < -0.4 is 14.2 Å². The lowest BCUT2D eigenvalue weighted by molar-refractivity contribution is -0.147. The SMILES string of the molecule is O=C1CC2(CCCN(C(=O)C3COc4ccc(O)cc4O3)C2)Oc2ccccc21. The van der Waals surface area contributed by atoms with Crippen molar-refractivity contribution >= 4 is 11.7 Å². The summed E-state index contributed by atoms with van der Waals surface area (Å²) >= 11 is 0. The number of carbonyl (C=O) groups excluding carboxylic acids is 2. The molecule has 0 aliphatic carbocycles. The molecule has 7 heteroatoms. The molecular weight excluding hydrogens is 374 g/mol. The summed E-state index contributed by atoms with van der Waals surface area (Å²) in [4.78, 5) is 27.5. The molecular formula is C22H21NO6. The highest BCUT2D eigenvalue weighted by molar-refractivity contribution is 6.00. The van der Waals surface area contributed by atoms with Gasteiger partial charge in [0.05, 0.1) is 18.5 Å². The molecule has 1 amide bonds. The van der Waals surface area contributed by atoms with E-state index in [0.717, 1.165) is 12.8 Å². The summed E-state index contributed by atoms with van der Waals surface area (Å²) in [6.45, 7) is 1.01. The third-order valence-electron chi connectivity index (χ3n) is 5.71. The van der Waals surface area contributed by atoms with E-state index < -0.39 is 11.7 Å². The maximum atomic E-state index is 13.1. The van der Waals surface area contributed by atoms with Gasteiger partial charge in [-0.1, -0.05) is 12.1 Å². The molecule has 2 aromatic carbocycles. The van der Waals surface area contributed by atoms with Crippen molar-refractivity contribution in [3.05, 3.63) is 48.0 Å². The minimum absolute atomic E-state index is 0.0443. The average molecular weight is 395 g/mol. The number of benzene rings is 2. The molecule has 2 atom stereocenters. The Balaban J connectivity index is 1.34. The fourth-order valence-corrected chi connectivity index (χ4v) is 4.34. The zero-order valence-corrected chi connectivity index (χ0v) is 15.8. The fourth-order valence-electron chi connectivity index (χ4n) is 4.34. The molecule has 2 aromatic rings. The summed E-state index contributed by atoms with van der Waals surface area (Å²) in [7, 11) is 0. The smallest absolute Gasteiger partial charge is 0.267 e. The average Bonchev–Trinajstić information content (AvgIpc) is 2.72. The van der Waals surface area contributed by atoms with Crippen LogP contribution in [0.1, 0.15) is 29.6 Å². The van der Waals surface area contributed by atoms with Gasteiger partial charge in [-0.25, -0.2) is 0 Å². The third kappa shape index (κ3) is 3.16. The molecule has 3 aliphatic rings. The van der Waals surface area contributed by atoms with E-state index in [1.165, 1.54) is 12.1 Å². The predicted octanol–water partition coefficient (Wildman–Crippen LogP) is 2.56. The molecule has 0 saturated carbocycles. The van der Waals surface area contributed by atoms with Crippen molar-refractivity contribution < 1.29 is 28.9 Å². The maximum Gasteiger partial charge on any atom is 0.267 e. The number of amides is 1. The second-order valence-electron chi connectivity index (χ2n) is 7.79. The molecule has 2 unspecified atom stereocenters. The molecule has 3 aliphatic heterocycles. The van der Waals surface area contributed by atoms with Gasteiger partial charge < -0.3 is 24.2 Å². The van der Waals surface area contributed by atoms with Crippen molar-refractivity contribution in [1.29, 1.82) is 0 Å². The first kappa shape index (κ1) is 17.8. The van der Waals surface area contributed by atoms with Gasteiger partial charge in [0, 0.05) is 12.6 Å². The zero-order valence-electron chi connectivity index (χ0n) is 15.8. The number of ketones is 1. The van der Waals surface area contributed by atoms with Gasteiger partial charge in [-0.15, -0.1) is 0 Å². The lowest BCUT2D eigenvalue weighted by atomic mass is 9.83. The summed E-state index contributed by atoms with van der Waals surface area (Å²) in [6.07, 6.45) is 0.917. The van der Waals surface area contributed by atoms with Crippen LogP contribution >= 0.6 is 0 Å². The van der Waals surface area contributed by atoms with E-state index in [1.54, 1.807) is 23.1 Å². The van der Waals surface area contributed by atoms with E-state index in [2.05, 4.69) is 0 Å². The van der Waals surface area contributed by atoms with E-state index >= 15 is 0 Å². The van der Waals surface area contributed by atoms with Gasteiger partial charge in [0.15, 0.2) is 17.3 Å². The Labute approximate surface area is 167 Å². The van der Waals surface area contributed by atoms with Crippen molar-refractivity contribution in [1.82, 2.24) is 4.90 Å². The van der Waals surface area contributed by atoms with Crippen molar-refractivity contribution in [2.75, 3.05) is 19.7 Å². The molecule has 1 fully saturated rings. The first-order valence-electron chi connectivity index (χ1n) is 9.76. The second-order valence-corrected chi connectivity index (χ2v) is 7.79. The number of phenolic OH excluding ortho intramolecular Hbond substituents is 1. The fraction of sp³-hybridized carbons (Fsp3) is 0.364. The lowest BCUT2D eigenvalue weighted by Gasteiger charge is -2.45. The summed E-state index contributed by atoms with van der Waals surface area (Å²) in [6, 6.07) is 11.8. The molecule has 0 radical (unpaired) electrons. The summed E-state index contributed by atoms with van der Waals surface area (Å²) in [5.41, 5.74) is -0.104. The minimum atomic E-state index is -0.800. The van der Waals surface area contributed by atoms with Crippen LogP contribution in [0.25, 0.3) is 0 Å². The number of rotatable bonds is 1. The highest BCUT2D eigenvalue weighted by Crippen LogP contribution is 2.39. The number of Topliss-reactive ketones (excluding diaryl/α,β-unsaturated/α-hetero) is 1. The normalized spacial score (nSPS) is 25.3. The van der Waals surface area contributed by atoms with E-state index in [4.69, 9.17) is 14.2 Å². The first-order chi connectivity index (χ1) is 14.0. The number of likely N-dealkylation sites (tertiary alicyclic amines) is 1. The summed E-state index contributed by atoms with van der Waals surface area (Å²) < 4.78 is 17.7. The van der Waals surface area contributed by atoms with E-state index in [9.17, 15) is 14.7 Å². The van der Waals surface area contributed by atoms with Crippen molar-refractivity contribution in [3.8, 4) is 23.0 Å². The molecule has 3 heterocycles. The van der Waals surface area contributed by atoms with Crippen LogP contribution in [0.15, 0.2) is 42.5 Å². The van der Waals surface area contributed by atoms with Gasteiger partial charge in [-0.05, 0) is 37.1 Å². The van der Waals surface area contributed by atoms with Gasteiger partial charge in [0.1, 0.15) is 23.7 Å². The monoisotopic (exact) mass is 395 g/mol. The molecule has 1 saturated heterocycles. The summed E-state index contributed by atoms with van der Waals surface area (Å²) in [5, 5.41) is 9.65. The van der Waals surface area contributed by atoms with Crippen LogP contribution in [-0.2, 0) is 4.79 Å². The molecule has 5 rings (SSSR count). The van der Waals surface area contributed by atoms with E-state index in [0.29, 0.717) is 35.9 Å². The first-order valence-corrected chi connectivity index (χ1v) is 9.76. The van der Waals surface area contributed by atoms with E-state index in [-0.39, 0.29) is 30.5 Å². The molecule has 7 nitrogen and oxygen atoms in total. The number of phenols is 1. The van der Waals surface area contributed by atoms with E-state index in [1.807, 2.05) is 12.1 Å². The maximum absolute atomic E-state index is 13.1. The number of nitrogens with zero attached hydrogens (tertiary/aromatic N) is 1. The number of piperidine rings is 1. The number of para-hydroxylation sites is 1. The molecule has 0 aromatic heterocycles. The van der Waals surface area contributed by atoms with Crippen LogP contribution in [0.4, 0.5) is 0 Å². The number of ether oxygens (including phenoxy) is 3. The highest BCUT2D eigenvalue weighted by Gasteiger charge is 2.46. The molecule has 29 heavy (non-hydrogen) atoms. The van der Waals surface area contributed by atoms with Gasteiger partial charge in [0.25, 0.3) is 5.91 Å². The molecule has 150 valence electrons. The van der Waals surface area contributed by atoms with Crippen LogP contribution in [0.3, 0.4) is 0 Å². The van der Waals surface area contributed by atoms with Crippen LogP contribution in [0, 0.1) is 0 Å². The number of carbonyl (C=O) groups is 2. The Bertz CT molecular complexity index is 989. The van der Waals surface area contributed by atoms with Crippen LogP contribution in [0.5, 0.6) is 23.0 Å². The molecule has 1 N–H and O–H groups in total. The van der Waals surface area contributed by atoms with Crippen molar-refractivity contribution in [2.24, 2.45) is 0 Å². The number of hydrogen-bond donors (Lipinski definition) is 1. The minimum Gasteiger partial charge on any atom is -0.508 e. The lowest BCUT2D eigenvalue weighted by Crippen LogP contribution is -2.58. The standard InChI is InChI=1S/C22H21NO6/c24-14-6-7-18-19(10-14)28-20(12-27-18)21(26)23-9-3-8-22(13-23)11-16(25)15-4-1-2-5-17(15)29-22/h1-2,4-7,10,20,24H,3,8-9,11-13H2. The third-order valence-corrected chi connectivity index (χ3v) is 5.71. The second kappa shape index (κ2) is 6.69. The highest BCUT2D eigenvalue weighted by atomic mass is 16.6. The quantitative estimate of drug-likeness (QED) is 0.799. The van der Waals surface area contributed by atoms with Crippen LogP contribution in [0.2, 0.25) is 0 Å². The van der Waals surface area contributed by atoms with Gasteiger partial charge in [0.2, 0.25) is 6.10 Å². The number of fused-ring (bicyclic) bond motifs is 2. The number of hydrogen-bond acceptors (Lipinski definition) is 6. The zero-order chi connectivity index (χ0) is 20.0. The largest absolute Gasteiger partial charge is 0.508 e. The number of aromatic hydroxyl groups is 1. The molecule has 1 spiro atoms. The Hall–Kier alpha value is -3.22. The van der Waals surface area contributed by atoms with Crippen molar-refractivity contribution in [3.63, 3.8) is 0 Å². The Kier molecular flexibility index (Phi) is 4.12. The topological polar surface area (TPSA) is 85.3 Å². The van der Waals surface area contributed by atoms with Crippen molar-refractivity contribution in [2.45, 2.75) is 31.0 Å². The Morgan fingerprint density at radius 3 is 2.90 bits per heavy atom. The molecule has 0 bridgehead atoms. The van der Waals surface area contributed by atoms with Gasteiger partial charge in [-0.2, -0.15) is 0 Å². The Morgan fingerprint density at radius 2 is 2.00 bits per heavy atom. The Morgan fingerprint density at radius 1 is 1.14 bits per heavy atom. The summed E-state index contributed by atoms with van der Waals surface area (Å²) in [5.74, 6) is 1.32. The van der Waals surface area contributed by atoms with Crippen LogP contribution in [-0.4, -0.2) is 53.1 Å². The predicted molar refractivity (Wildman–Crippen MR) is 103 cm³/mol. The van der Waals surface area contributed by atoms with Gasteiger partial charge in [-0.3, -0.25) is 9.59 Å². The van der Waals surface area contributed by atoms with Gasteiger partial charge >= 0.3 is 0 Å².